The molecule has 158 valence electrons. The fourth-order valence-corrected chi connectivity index (χ4v) is 3.18. The predicted molar refractivity (Wildman–Crippen MR) is 116 cm³/mol. The molecule has 1 rings (SSSR count). The van der Waals surface area contributed by atoms with Crippen LogP contribution in [0.3, 0.4) is 0 Å². The molecule has 0 aromatic heterocycles. The molecule has 5 nitrogen and oxygen atoms in total. The number of hydrogen-bond donors (Lipinski definition) is 2. The van der Waals surface area contributed by atoms with E-state index in [9.17, 15) is 0 Å². The van der Waals surface area contributed by atoms with Gasteiger partial charge < -0.3 is 0 Å². The van der Waals surface area contributed by atoms with E-state index in [1.165, 1.54) is 81.9 Å². The molecule has 0 aliphatic rings. The van der Waals surface area contributed by atoms with E-state index in [1.807, 2.05) is 0 Å². The summed E-state index contributed by atoms with van der Waals surface area (Å²) >= 11 is 0. The Labute approximate surface area is 167 Å². The number of unbranched alkanes of at least 4 members (excludes halogenated alkanes) is 9. The van der Waals surface area contributed by atoms with Gasteiger partial charge >= 0.3 is 10.4 Å². The largest absolute Gasteiger partial charge is 0.394 e. The van der Waals surface area contributed by atoms with Gasteiger partial charge in [-0.1, -0.05) is 82.9 Å². The number of rotatable bonds is 12. The third kappa shape index (κ3) is 16.9. The van der Waals surface area contributed by atoms with Gasteiger partial charge in [0.2, 0.25) is 0 Å². The van der Waals surface area contributed by atoms with Crippen molar-refractivity contribution in [1.82, 2.24) is 4.48 Å². The lowest BCUT2D eigenvalue weighted by Gasteiger charge is -2.26. The van der Waals surface area contributed by atoms with Gasteiger partial charge in [0.05, 0.1) is 21.1 Å². The second-order valence-corrected chi connectivity index (χ2v) is 8.92. The molecule has 0 spiro atoms. The van der Waals surface area contributed by atoms with Gasteiger partial charge in [-0.05, 0) is 18.9 Å². The van der Waals surface area contributed by atoms with E-state index < -0.39 is 10.4 Å². The lowest BCUT2D eigenvalue weighted by atomic mass is 10.0. The molecule has 1 aromatic carbocycles. The molecule has 0 bridgehead atoms. The Bertz CT molecular complexity index is 586. The molecule has 1 aromatic rings. The van der Waals surface area contributed by atoms with E-state index in [1.54, 1.807) is 0 Å². The van der Waals surface area contributed by atoms with Crippen LogP contribution in [0.25, 0.3) is 0 Å². The monoisotopic (exact) mass is 402 g/mol. The number of benzene rings is 1. The van der Waals surface area contributed by atoms with E-state index in [4.69, 9.17) is 17.5 Å². The van der Waals surface area contributed by atoms with Crippen LogP contribution in [-0.2, 0) is 16.8 Å². The minimum absolute atomic E-state index is 0.925. The van der Waals surface area contributed by atoms with Gasteiger partial charge in [-0.3, -0.25) is 13.6 Å². The van der Waals surface area contributed by atoms with Gasteiger partial charge in [-0.25, -0.2) is 0 Å². The molecule has 0 amide bonds. The summed E-state index contributed by atoms with van der Waals surface area (Å²) < 4.78 is 32.5. The first-order valence-electron chi connectivity index (χ1n) is 10.2. The van der Waals surface area contributed by atoms with Crippen LogP contribution in [0.1, 0.15) is 76.7 Å². The Kier molecular flexibility index (Phi) is 13.6. The Balaban J connectivity index is 0.00000119. The molecule has 0 saturated heterocycles. The number of hydrogen-bond acceptors (Lipinski definition) is 2. The highest BCUT2D eigenvalue weighted by Gasteiger charge is 2.16. The molecule has 0 aliphatic heterocycles. The SMILES string of the molecule is CCCCCCCCCCCCc1ccccc1[N+](C)(C)C.O=S(=O)(O)O. The van der Waals surface area contributed by atoms with E-state index in [2.05, 4.69) is 52.3 Å². The third-order valence-electron chi connectivity index (χ3n) is 4.51. The van der Waals surface area contributed by atoms with Crippen molar-refractivity contribution in [2.45, 2.75) is 77.6 Å². The second kappa shape index (κ2) is 14.1. The van der Waals surface area contributed by atoms with Gasteiger partial charge in [0, 0.05) is 5.56 Å². The third-order valence-corrected chi connectivity index (χ3v) is 4.51. The molecule has 0 aliphatic carbocycles. The average molecular weight is 403 g/mol. The van der Waals surface area contributed by atoms with Crippen molar-refractivity contribution in [1.29, 1.82) is 0 Å². The van der Waals surface area contributed by atoms with Crippen LogP contribution < -0.4 is 4.48 Å². The Morgan fingerprint density at radius 3 is 1.63 bits per heavy atom. The number of nitrogens with zero attached hydrogens (tertiary/aromatic N) is 1. The smallest absolute Gasteiger partial charge is 0.298 e. The zero-order chi connectivity index (χ0) is 20.8. The molecule has 6 heteroatoms. The lowest BCUT2D eigenvalue weighted by Crippen LogP contribution is -2.35. The summed E-state index contributed by atoms with van der Waals surface area (Å²) in [7, 11) is 2.12. The number of para-hydroxylation sites is 1. The second-order valence-electron chi connectivity index (χ2n) is 8.02. The summed E-state index contributed by atoms with van der Waals surface area (Å²) in [5, 5.41) is 0. The maximum absolute atomic E-state index is 8.74. The predicted octanol–water partition coefficient (Wildman–Crippen LogP) is 5.69. The Morgan fingerprint density at radius 1 is 0.778 bits per heavy atom. The maximum atomic E-state index is 8.74. The van der Waals surface area contributed by atoms with Crippen molar-refractivity contribution >= 4 is 16.1 Å². The summed E-state index contributed by atoms with van der Waals surface area (Å²) in [4.78, 5) is 0. The molecule has 27 heavy (non-hydrogen) atoms. The van der Waals surface area contributed by atoms with Gasteiger partial charge in [-0.15, -0.1) is 0 Å². The van der Waals surface area contributed by atoms with Crippen LogP contribution in [0, 0.1) is 0 Å². The average Bonchev–Trinajstić information content (AvgIpc) is 2.54. The highest BCUT2D eigenvalue weighted by Crippen LogP contribution is 2.24. The first-order chi connectivity index (χ1) is 12.6. The standard InChI is InChI=1S/C21H38N.H2O4S/c1-5-6-7-8-9-10-11-12-13-14-17-20-18-15-16-19-21(20)22(2,3)4;1-5(2,3)4/h15-16,18-19H,5-14,17H2,1-4H3;(H2,1,2,3,4)/q+1;. The number of aryl methyl sites for hydroxylation is 1. The Morgan fingerprint density at radius 2 is 1.19 bits per heavy atom. The fraction of sp³-hybridized carbons (Fsp3) is 0.714. The maximum Gasteiger partial charge on any atom is 0.394 e. The molecule has 0 atom stereocenters. The molecule has 2 N–H and O–H groups in total. The zero-order valence-electron chi connectivity index (χ0n) is 17.7. The van der Waals surface area contributed by atoms with Crippen LogP contribution in [0.2, 0.25) is 0 Å². The minimum atomic E-state index is -4.67. The van der Waals surface area contributed by atoms with E-state index >= 15 is 0 Å². The zero-order valence-corrected chi connectivity index (χ0v) is 18.5. The first kappa shape index (κ1) is 26.1. The van der Waals surface area contributed by atoms with Gasteiger partial charge in [0.25, 0.3) is 0 Å². The minimum Gasteiger partial charge on any atom is -0.298 e. The molecule has 0 unspecified atom stereocenters. The highest BCUT2D eigenvalue weighted by molar-refractivity contribution is 7.79. The lowest BCUT2D eigenvalue weighted by molar-refractivity contribution is 0.381. The molecule has 0 saturated carbocycles. The van der Waals surface area contributed by atoms with Crippen LogP contribution in [-0.4, -0.2) is 38.7 Å². The molecule has 0 fully saturated rings. The highest BCUT2D eigenvalue weighted by atomic mass is 32.3. The van der Waals surface area contributed by atoms with Gasteiger partial charge in [-0.2, -0.15) is 8.42 Å². The van der Waals surface area contributed by atoms with E-state index in [0.717, 1.165) is 4.48 Å². The van der Waals surface area contributed by atoms with Crippen LogP contribution in [0.15, 0.2) is 24.3 Å². The van der Waals surface area contributed by atoms with Crippen LogP contribution in [0.5, 0.6) is 0 Å². The topological polar surface area (TPSA) is 74.6 Å². The first-order valence-corrected chi connectivity index (χ1v) is 11.5. The number of quaternary nitrogens is 1. The van der Waals surface area contributed by atoms with Crippen molar-refractivity contribution < 1.29 is 17.5 Å². The normalized spacial score (nSPS) is 11.8. The Hall–Kier alpha value is -0.950. The summed E-state index contributed by atoms with van der Waals surface area (Å²) in [6.07, 6.45) is 15.4. The molecular formula is C21H40NO4S+. The quantitative estimate of drug-likeness (QED) is 0.267. The molecule has 0 radical (unpaired) electrons. The van der Waals surface area contributed by atoms with Crippen molar-refractivity contribution in [3.8, 4) is 0 Å². The van der Waals surface area contributed by atoms with E-state index in [0.29, 0.717) is 0 Å². The summed E-state index contributed by atoms with van der Waals surface area (Å²) in [5.74, 6) is 0. The molecular weight excluding hydrogens is 362 g/mol. The fourth-order valence-electron chi connectivity index (χ4n) is 3.18. The van der Waals surface area contributed by atoms with Crippen molar-refractivity contribution in [2.75, 3.05) is 21.1 Å². The van der Waals surface area contributed by atoms with Crippen molar-refractivity contribution in [3.63, 3.8) is 0 Å². The van der Waals surface area contributed by atoms with Crippen LogP contribution >= 0.6 is 0 Å². The summed E-state index contributed by atoms with van der Waals surface area (Å²) in [5.41, 5.74) is 3.01. The summed E-state index contributed by atoms with van der Waals surface area (Å²) in [6.45, 7) is 2.29. The van der Waals surface area contributed by atoms with Crippen LogP contribution in [0.4, 0.5) is 5.69 Å². The van der Waals surface area contributed by atoms with Crippen molar-refractivity contribution in [3.05, 3.63) is 29.8 Å². The molecule has 0 heterocycles. The van der Waals surface area contributed by atoms with Crippen molar-refractivity contribution in [2.24, 2.45) is 0 Å². The van der Waals surface area contributed by atoms with Gasteiger partial charge in [0.1, 0.15) is 5.69 Å². The van der Waals surface area contributed by atoms with Gasteiger partial charge in [0.15, 0.2) is 0 Å². The van der Waals surface area contributed by atoms with E-state index in [-0.39, 0.29) is 0 Å². The summed E-state index contributed by atoms with van der Waals surface area (Å²) in [6, 6.07) is 8.95.